The number of halogens is 1. The number of hydrogen-bond acceptors (Lipinski definition) is 2. The van der Waals surface area contributed by atoms with Crippen LogP contribution in [0.4, 0.5) is 0 Å². The summed E-state index contributed by atoms with van der Waals surface area (Å²) in [5.41, 5.74) is 1.63. The summed E-state index contributed by atoms with van der Waals surface area (Å²) in [4.78, 5) is 16.3. The highest BCUT2D eigenvalue weighted by Crippen LogP contribution is 2.12. The van der Waals surface area contributed by atoms with Crippen LogP contribution in [0.2, 0.25) is 0 Å². The third-order valence-electron chi connectivity index (χ3n) is 2.53. The van der Waals surface area contributed by atoms with Crippen LogP contribution < -0.4 is 5.56 Å². The molecular formula is C11H11ClN2O. The molecule has 3 nitrogen and oxygen atoms in total. The molecule has 0 amide bonds. The monoisotopic (exact) mass is 222 g/mol. The van der Waals surface area contributed by atoms with E-state index in [1.807, 2.05) is 25.1 Å². The van der Waals surface area contributed by atoms with Crippen molar-refractivity contribution in [1.82, 2.24) is 9.55 Å². The summed E-state index contributed by atoms with van der Waals surface area (Å²) in [7, 11) is 1.69. The first-order chi connectivity index (χ1) is 7.15. The molecule has 78 valence electrons. The second-order valence-corrected chi connectivity index (χ2v) is 3.76. The maximum atomic E-state index is 12.0. The number of fused-ring (bicyclic) bond motifs is 1. The molecule has 1 aromatic heterocycles. The standard InChI is InChI=1S/C11H11ClN2O/c1-7-4-3-5-8-10(7)11(15)14(2)9(6-12)13-8/h3-5H,6H2,1-2H3. The van der Waals surface area contributed by atoms with E-state index >= 15 is 0 Å². The van der Waals surface area contributed by atoms with Crippen molar-refractivity contribution in [1.29, 1.82) is 0 Å². The van der Waals surface area contributed by atoms with Crippen molar-refractivity contribution < 1.29 is 0 Å². The van der Waals surface area contributed by atoms with Crippen molar-refractivity contribution in [2.75, 3.05) is 0 Å². The van der Waals surface area contributed by atoms with E-state index in [-0.39, 0.29) is 11.4 Å². The summed E-state index contributed by atoms with van der Waals surface area (Å²) in [6, 6.07) is 5.63. The van der Waals surface area contributed by atoms with Gasteiger partial charge in [0.05, 0.1) is 16.8 Å². The third kappa shape index (κ3) is 1.53. The number of nitrogens with zero attached hydrogens (tertiary/aromatic N) is 2. The minimum atomic E-state index is -0.0336. The Labute approximate surface area is 92.3 Å². The molecule has 0 aliphatic carbocycles. The molecular weight excluding hydrogens is 212 g/mol. The van der Waals surface area contributed by atoms with Crippen LogP contribution in [0.25, 0.3) is 10.9 Å². The number of alkyl halides is 1. The molecule has 0 saturated carbocycles. The van der Waals surface area contributed by atoms with Gasteiger partial charge < -0.3 is 0 Å². The lowest BCUT2D eigenvalue weighted by Crippen LogP contribution is -2.22. The second-order valence-electron chi connectivity index (χ2n) is 3.49. The lowest BCUT2D eigenvalue weighted by atomic mass is 10.1. The first kappa shape index (κ1) is 10.2. The molecule has 1 heterocycles. The Balaban J connectivity index is 2.98. The van der Waals surface area contributed by atoms with Crippen LogP contribution in [0.15, 0.2) is 23.0 Å². The fourth-order valence-electron chi connectivity index (χ4n) is 1.64. The predicted molar refractivity (Wildman–Crippen MR) is 61.3 cm³/mol. The number of aromatic nitrogens is 2. The van der Waals surface area contributed by atoms with Gasteiger partial charge in [0.15, 0.2) is 0 Å². The van der Waals surface area contributed by atoms with Crippen molar-refractivity contribution in [2.24, 2.45) is 7.05 Å². The van der Waals surface area contributed by atoms with Gasteiger partial charge in [0.1, 0.15) is 5.82 Å². The minimum Gasteiger partial charge on any atom is -0.298 e. The molecule has 0 unspecified atom stereocenters. The summed E-state index contributed by atoms with van der Waals surface area (Å²) in [6.07, 6.45) is 0. The van der Waals surface area contributed by atoms with E-state index in [0.29, 0.717) is 16.7 Å². The van der Waals surface area contributed by atoms with Crippen LogP contribution in [-0.4, -0.2) is 9.55 Å². The van der Waals surface area contributed by atoms with Crippen molar-refractivity contribution in [3.8, 4) is 0 Å². The van der Waals surface area contributed by atoms with E-state index in [9.17, 15) is 4.79 Å². The second kappa shape index (κ2) is 3.66. The third-order valence-corrected chi connectivity index (χ3v) is 2.76. The maximum Gasteiger partial charge on any atom is 0.261 e. The Hall–Kier alpha value is -1.35. The normalized spacial score (nSPS) is 10.9. The Morgan fingerprint density at radius 1 is 1.47 bits per heavy atom. The Morgan fingerprint density at radius 2 is 2.20 bits per heavy atom. The summed E-state index contributed by atoms with van der Waals surface area (Å²) in [5, 5.41) is 0.675. The molecule has 0 aliphatic rings. The summed E-state index contributed by atoms with van der Waals surface area (Å²) >= 11 is 5.72. The van der Waals surface area contributed by atoms with Crippen LogP contribution in [-0.2, 0) is 12.9 Å². The zero-order valence-corrected chi connectivity index (χ0v) is 9.38. The van der Waals surface area contributed by atoms with Crippen LogP contribution in [0, 0.1) is 6.92 Å². The average Bonchev–Trinajstić information content (AvgIpc) is 2.23. The zero-order chi connectivity index (χ0) is 11.0. The molecule has 0 saturated heterocycles. The van der Waals surface area contributed by atoms with E-state index in [1.165, 1.54) is 4.57 Å². The first-order valence-electron chi connectivity index (χ1n) is 4.66. The van der Waals surface area contributed by atoms with E-state index in [4.69, 9.17) is 11.6 Å². The van der Waals surface area contributed by atoms with Gasteiger partial charge >= 0.3 is 0 Å². The van der Waals surface area contributed by atoms with Crippen molar-refractivity contribution >= 4 is 22.5 Å². The molecule has 1 aromatic carbocycles. The molecule has 4 heteroatoms. The number of rotatable bonds is 1. The molecule has 0 fully saturated rings. The van der Waals surface area contributed by atoms with E-state index in [2.05, 4.69) is 4.98 Å². The highest BCUT2D eigenvalue weighted by molar-refractivity contribution is 6.16. The van der Waals surface area contributed by atoms with E-state index in [0.717, 1.165) is 5.56 Å². The molecule has 0 radical (unpaired) electrons. The lowest BCUT2D eigenvalue weighted by Gasteiger charge is -2.07. The largest absolute Gasteiger partial charge is 0.298 e. The molecule has 0 bridgehead atoms. The van der Waals surface area contributed by atoms with Gasteiger partial charge in [-0.05, 0) is 18.6 Å². The van der Waals surface area contributed by atoms with Crippen molar-refractivity contribution in [2.45, 2.75) is 12.8 Å². The average molecular weight is 223 g/mol. The maximum absolute atomic E-state index is 12.0. The number of aryl methyl sites for hydroxylation is 1. The molecule has 15 heavy (non-hydrogen) atoms. The molecule has 0 atom stereocenters. The van der Waals surface area contributed by atoms with Crippen LogP contribution in [0.1, 0.15) is 11.4 Å². The van der Waals surface area contributed by atoms with Gasteiger partial charge in [-0.1, -0.05) is 12.1 Å². The van der Waals surface area contributed by atoms with Gasteiger partial charge in [-0.15, -0.1) is 11.6 Å². The topological polar surface area (TPSA) is 34.9 Å². The number of benzene rings is 1. The lowest BCUT2D eigenvalue weighted by molar-refractivity contribution is 0.782. The van der Waals surface area contributed by atoms with Crippen molar-refractivity contribution in [3.63, 3.8) is 0 Å². The first-order valence-corrected chi connectivity index (χ1v) is 5.20. The molecule has 2 aromatic rings. The van der Waals surface area contributed by atoms with Gasteiger partial charge in [0, 0.05) is 7.05 Å². The molecule has 0 spiro atoms. The predicted octanol–water partition coefficient (Wildman–Crippen LogP) is 1.98. The highest BCUT2D eigenvalue weighted by Gasteiger charge is 2.08. The van der Waals surface area contributed by atoms with Gasteiger partial charge in [-0.2, -0.15) is 0 Å². The Bertz CT molecular complexity index is 575. The molecule has 0 N–H and O–H groups in total. The van der Waals surface area contributed by atoms with Crippen molar-refractivity contribution in [3.05, 3.63) is 39.9 Å². The van der Waals surface area contributed by atoms with Crippen LogP contribution in [0.5, 0.6) is 0 Å². The highest BCUT2D eigenvalue weighted by atomic mass is 35.5. The van der Waals surface area contributed by atoms with E-state index in [1.54, 1.807) is 7.05 Å². The van der Waals surface area contributed by atoms with Gasteiger partial charge in [0.25, 0.3) is 5.56 Å². The van der Waals surface area contributed by atoms with Gasteiger partial charge in [-0.25, -0.2) is 4.98 Å². The smallest absolute Gasteiger partial charge is 0.261 e. The molecule has 0 aliphatic heterocycles. The van der Waals surface area contributed by atoms with E-state index < -0.39 is 0 Å². The number of hydrogen-bond donors (Lipinski definition) is 0. The van der Waals surface area contributed by atoms with Gasteiger partial charge in [-0.3, -0.25) is 9.36 Å². The van der Waals surface area contributed by atoms with Crippen LogP contribution >= 0.6 is 11.6 Å². The fraction of sp³-hybridized carbons (Fsp3) is 0.273. The summed E-state index contributed by atoms with van der Waals surface area (Å²) < 4.78 is 1.50. The quantitative estimate of drug-likeness (QED) is 0.692. The molecule has 2 rings (SSSR count). The van der Waals surface area contributed by atoms with Gasteiger partial charge in [0.2, 0.25) is 0 Å². The Morgan fingerprint density at radius 3 is 2.87 bits per heavy atom. The minimum absolute atomic E-state index is 0.0336. The summed E-state index contributed by atoms with van der Waals surface area (Å²) in [5.74, 6) is 0.843. The summed E-state index contributed by atoms with van der Waals surface area (Å²) in [6.45, 7) is 1.91. The fourth-order valence-corrected chi connectivity index (χ4v) is 1.88. The Kier molecular flexibility index (Phi) is 2.49. The van der Waals surface area contributed by atoms with Crippen LogP contribution in [0.3, 0.4) is 0 Å². The SMILES string of the molecule is Cc1cccc2nc(CCl)n(C)c(=O)c12. The zero-order valence-electron chi connectivity index (χ0n) is 8.62.